The van der Waals surface area contributed by atoms with Gasteiger partial charge in [0, 0.05) is 0 Å². The molecule has 0 aliphatic carbocycles. The molecule has 0 atom stereocenters. The Morgan fingerprint density at radius 2 is 2.05 bits per heavy atom. The van der Waals surface area contributed by atoms with Crippen molar-refractivity contribution in [2.75, 3.05) is 19.5 Å². The Morgan fingerprint density at radius 1 is 1.32 bits per heavy atom. The summed E-state index contributed by atoms with van der Waals surface area (Å²) in [6.07, 6.45) is 1.58. The number of benzene rings is 1. The number of halogens is 1. The average molecular weight is 323 g/mol. The van der Waals surface area contributed by atoms with Crippen LogP contribution >= 0.6 is 11.6 Å². The first kappa shape index (κ1) is 15.8. The van der Waals surface area contributed by atoms with Gasteiger partial charge in [-0.1, -0.05) is 6.07 Å². The molecule has 0 aliphatic heterocycles. The number of nitrogens with two attached hydrogens (primary N) is 1. The van der Waals surface area contributed by atoms with Crippen molar-refractivity contribution in [1.29, 1.82) is 0 Å². The molecule has 1 amide bonds. The van der Waals surface area contributed by atoms with Gasteiger partial charge in [-0.15, -0.1) is 0 Å². The van der Waals surface area contributed by atoms with Crippen molar-refractivity contribution >= 4 is 29.0 Å². The van der Waals surface area contributed by atoms with E-state index in [1.54, 1.807) is 25.3 Å². The van der Waals surface area contributed by atoms with Crippen LogP contribution in [0.4, 0.5) is 11.5 Å². The molecule has 0 spiro atoms. The lowest BCUT2D eigenvalue weighted by molar-refractivity contribution is -0.117. The number of carbonyl (C=O) groups is 1. The Bertz CT molecular complexity index is 694. The van der Waals surface area contributed by atoms with E-state index in [1.807, 2.05) is 0 Å². The maximum Gasteiger partial charge on any atom is 0.224 e. The molecule has 0 unspecified atom stereocenters. The molecule has 8 heteroatoms. The first-order valence-corrected chi connectivity index (χ1v) is 6.70. The summed E-state index contributed by atoms with van der Waals surface area (Å²) in [7, 11) is 3.04. The highest BCUT2D eigenvalue weighted by Crippen LogP contribution is 2.32. The highest BCUT2D eigenvalue weighted by atomic mass is 35.5. The predicted molar refractivity (Wildman–Crippen MR) is 82.8 cm³/mol. The molecule has 7 nitrogen and oxygen atoms in total. The number of amides is 1. The lowest BCUT2D eigenvalue weighted by atomic mass is 10.1. The molecule has 116 valence electrons. The second-order valence-electron chi connectivity index (χ2n) is 4.36. The Morgan fingerprint density at radius 3 is 2.68 bits per heavy atom. The third-order valence-electron chi connectivity index (χ3n) is 2.84. The number of ether oxygens (including phenoxy) is 2. The molecule has 0 fully saturated rings. The number of nitrogens with zero attached hydrogens (tertiary/aromatic N) is 2. The van der Waals surface area contributed by atoms with Crippen LogP contribution in [0.25, 0.3) is 0 Å². The van der Waals surface area contributed by atoms with Crippen LogP contribution in [-0.4, -0.2) is 30.1 Å². The van der Waals surface area contributed by atoms with E-state index in [0.717, 1.165) is 5.56 Å². The van der Waals surface area contributed by atoms with E-state index in [0.29, 0.717) is 23.0 Å². The van der Waals surface area contributed by atoms with Gasteiger partial charge in [-0.2, -0.15) is 4.98 Å². The first-order valence-electron chi connectivity index (χ1n) is 6.32. The molecule has 22 heavy (non-hydrogen) atoms. The molecular formula is C14H15ClN4O3. The van der Waals surface area contributed by atoms with Crippen LogP contribution in [0.1, 0.15) is 5.56 Å². The van der Waals surface area contributed by atoms with Gasteiger partial charge in [0.2, 0.25) is 11.2 Å². The predicted octanol–water partition coefficient (Wildman–Crippen LogP) is 1.92. The van der Waals surface area contributed by atoms with Crippen molar-refractivity contribution in [3.05, 3.63) is 35.2 Å². The normalized spacial score (nSPS) is 10.1. The third-order valence-corrected chi connectivity index (χ3v) is 3.02. The lowest BCUT2D eigenvalue weighted by Crippen LogP contribution is -2.13. The minimum Gasteiger partial charge on any atom is -0.495 e. The van der Waals surface area contributed by atoms with Crippen molar-refractivity contribution in [1.82, 2.24) is 9.97 Å². The standard InChI is InChI=1S/C14H15ClN4O3/c1-21-10-4-3-8(6-12(16)20)5-9(10)18-13-11(22-2)7-17-14(15)19-13/h3-5,7H,6H2,1-2H3,(H2,16,20)(H,17,18,19). The Kier molecular flexibility index (Phi) is 5.00. The van der Waals surface area contributed by atoms with Gasteiger partial charge < -0.3 is 20.5 Å². The van der Waals surface area contributed by atoms with Crippen LogP contribution in [0, 0.1) is 0 Å². The number of carbonyl (C=O) groups excluding carboxylic acids is 1. The van der Waals surface area contributed by atoms with Crippen molar-refractivity contribution in [3.63, 3.8) is 0 Å². The monoisotopic (exact) mass is 322 g/mol. The molecule has 0 radical (unpaired) electrons. The van der Waals surface area contributed by atoms with Crippen molar-refractivity contribution in [2.45, 2.75) is 6.42 Å². The quantitative estimate of drug-likeness (QED) is 0.788. The zero-order chi connectivity index (χ0) is 16.1. The zero-order valence-corrected chi connectivity index (χ0v) is 12.8. The van der Waals surface area contributed by atoms with Crippen molar-refractivity contribution in [2.24, 2.45) is 5.73 Å². The van der Waals surface area contributed by atoms with Gasteiger partial charge >= 0.3 is 0 Å². The summed E-state index contributed by atoms with van der Waals surface area (Å²) < 4.78 is 10.5. The summed E-state index contributed by atoms with van der Waals surface area (Å²) in [5, 5.41) is 3.14. The van der Waals surface area contributed by atoms with Crippen molar-refractivity contribution in [3.8, 4) is 11.5 Å². The van der Waals surface area contributed by atoms with Gasteiger partial charge in [-0.05, 0) is 29.3 Å². The fourth-order valence-corrected chi connectivity index (χ4v) is 2.01. The fourth-order valence-electron chi connectivity index (χ4n) is 1.88. The van der Waals surface area contributed by atoms with E-state index >= 15 is 0 Å². The smallest absolute Gasteiger partial charge is 0.224 e. The molecule has 0 aliphatic rings. The van der Waals surface area contributed by atoms with Crippen LogP contribution in [0.15, 0.2) is 24.4 Å². The van der Waals surface area contributed by atoms with Gasteiger partial charge in [0.05, 0.1) is 32.5 Å². The molecule has 0 saturated carbocycles. The molecule has 1 aromatic carbocycles. The molecule has 0 bridgehead atoms. The maximum absolute atomic E-state index is 11.1. The molecule has 1 aromatic heterocycles. The SMILES string of the molecule is COc1ccc(CC(N)=O)cc1Nc1nc(Cl)ncc1OC. The minimum atomic E-state index is -0.418. The number of primary amides is 1. The molecule has 2 aromatic rings. The summed E-state index contributed by atoms with van der Waals surface area (Å²) in [5.41, 5.74) is 6.57. The first-order chi connectivity index (χ1) is 10.5. The van der Waals surface area contributed by atoms with E-state index in [1.165, 1.54) is 13.3 Å². The molecule has 1 heterocycles. The molecule has 0 saturated heterocycles. The third kappa shape index (κ3) is 3.76. The molecular weight excluding hydrogens is 308 g/mol. The summed E-state index contributed by atoms with van der Waals surface area (Å²) in [6, 6.07) is 5.24. The zero-order valence-electron chi connectivity index (χ0n) is 12.1. The summed E-state index contributed by atoms with van der Waals surface area (Å²) in [4.78, 5) is 19.0. The Labute approximate surface area is 132 Å². The fraction of sp³-hybridized carbons (Fsp3) is 0.214. The Balaban J connectivity index is 2.38. The van der Waals surface area contributed by atoms with Gasteiger partial charge in [-0.3, -0.25) is 4.79 Å². The second kappa shape index (κ2) is 6.95. The highest BCUT2D eigenvalue weighted by Gasteiger charge is 2.11. The average Bonchev–Trinajstić information content (AvgIpc) is 2.47. The summed E-state index contributed by atoms with van der Waals surface area (Å²) in [5.74, 6) is 0.965. The number of nitrogens with one attached hydrogen (secondary N) is 1. The second-order valence-corrected chi connectivity index (χ2v) is 4.70. The maximum atomic E-state index is 11.1. The topological polar surface area (TPSA) is 99.4 Å². The molecule has 2 rings (SSSR count). The van der Waals surface area contributed by atoms with Crippen molar-refractivity contribution < 1.29 is 14.3 Å². The largest absolute Gasteiger partial charge is 0.495 e. The van der Waals surface area contributed by atoms with Crippen LogP contribution in [0.2, 0.25) is 5.28 Å². The number of aromatic nitrogens is 2. The van der Waals surface area contributed by atoms with E-state index in [2.05, 4.69) is 15.3 Å². The van der Waals surface area contributed by atoms with Crippen LogP contribution < -0.4 is 20.5 Å². The number of methoxy groups -OCH3 is 2. The Hall–Kier alpha value is -2.54. The van der Waals surface area contributed by atoms with Crippen LogP contribution in [-0.2, 0) is 11.2 Å². The number of rotatable bonds is 6. The van der Waals surface area contributed by atoms with Crippen LogP contribution in [0.5, 0.6) is 11.5 Å². The van der Waals surface area contributed by atoms with Gasteiger partial charge in [0.1, 0.15) is 5.75 Å². The van der Waals surface area contributed by atoms with E-state index in [-0.39, 0.29) is 11.7 Å². The van der Waals surface area contributed by atoms with Gasteiger partial charge in [0.15, 0.2) is 11.6 Å². The van der Waals surface area contributed by atoms with E-state index in [9.17, 15) is 4.79 Å². The lowest BCUT2D eigenvalue weighted by Gasteiger charge is -2.14. The van der Waals surface area contributed by atoms with E-state index in [4.69, 9.17) is 26.8 Å². The van der Waals surface area contributed by atoms with Gasteiger partial charge in [0.25, 0.3) is 0 Å². The minimum absolute atomic E-state index is 0.0792. The number of hydrogen-bond donors (Lipinski definition) is 2. The van der Waals surface area contributed by atoms with Crippen LogP contribution in [0.3, 0.4) is 0 Å². The van der Waals surface area contributed by atoms with Gasteiger partial charge in [-0.25, -0.2) is 4.98 Å². The highest BCUT2D eigenvalue weighted by molar-refractivity contribution is 6.28. The molecule has 3 N–H and O–H groups in total. The summed E-state index contributed by atoms with van der Waals surface area (Å²) >= 11 is 5.80. The summed E-state index contributed by atoms with van der Waals surface area (Å²) in [6.45, 7) is 0. The number of anilines is 2. The number of hydrogen-bond acceptors (Lipinski definition) is 6. The van der Waals surface area contributed by atoms with E-state index < -0.39 is 5.91 Å².